The molecule has 2 N–H and O–H groups in total. The molecule has 15 heavy (non-hydrogen) atoms. The largest absolute Gasteiger partial charge is 0.381 e. The highest BCUT2D eigenvalue weighted by molar-refractivity contribution is 6.99. The summed E-state index contributed by atoms with van der Waals surface area (Å²) in [6.45, 7) is 0. The van der Waals surface area contributed by atoms with Gasteiger partial charge in [0.05, 0.1) is 17.4 Å². The van der Waals surface area contributed by atoms with Crippen LogP contribution in [0.3, 0.4) is 0 Å². The number of nitrogens with two attached hydrogens (primary N) is 1. The standard InChI is InChI=1S/C9H7N5S/c10-9-8(12-15-13-9)6-2-1-3-7-11-4-5-14(6)7/h1-5H,(H2,10,13). The molecule has 0 spiro atoms. The first kappa shape index (κ1) is 8.37. The van der Waals surface area contributed by atoms with Crippen LogP contribution in [0.2, 0.25) is 0 Å². The Morgan fingerprint density at radius 3 is 3.00 bits per heavy atom. The van der Waals surface area contributed by atoms with E-state index in [0.29, 0.717) is 11.5 Å². The highest BCUT2D eigenvalue weighted by atomic mass is 32.1. The van der Waals surface area contributed by atoms with E-state index >= 15 is 0 Å². The Morgan fingerprint density at radius 2 is 2.20 bits per heavy atom. The first-order chi connectivity index (χ1) is 7.36. The van der Waals surface area contributed by atoms with Gasteiger partial charge in [0, 0.05) is 12.4 Å². The van der Waals surface area contributed by atoms with Gasteiger partial charge in [0.15, 0.2) is 5.82 Å². The molecule has 3 rings (SSSR count). The predicted molar refractivity (Wildman–Crippen MR) is 58.5 cm³/mol. The fraction of sp³-hybridized carbons (Fsp3) is 0. The number of anilines is 1. The van der Waals surface area contributed by atoms with Gasteiger partial charge in [-0.2, -0.15) is 8.75 Å². The second-order valence-electron chi connectivity index (χ2n) is 3.06. The Bertz CT molecular complexity index is 612. The molecule has 0 saturated carbocycles. The van der Waals surface area contributed by atoms with E-state index in [0.717, 1.165) is 23.1 Å². The minimum Gasteiger partial charge on any atom is -0.381 e. The molecule has 0 aliphatic rings. The van der Waals surface area contributed by atoms with Crippen LogP contribution in [0.1, 0.15) is 0 Å². The zero-order chi connectivity index (χ0) is 10.3. The minimum atomic E-state index is 0.459. The molecule has 0 bridgehead atoms. The number of fused-ring (bicyclic) bond motifs is 1. The van der Waals surface area contributed by atoms with Crippen molar-refractivity contribution in [3.05, 3.63) is 30.6 Å². The van der Waals surface area contributed by atoms with Crippen molar-refractivity contribution < 1.29 is 0 Å². The van der Waals surface area contributed by atoms with E-state index in [9.17, 15) is 0 Å². The lowest BCUT2D eigenvalue weighted by Gasteiger charge is -2.01. The molecule has 0 unspecified atom stereocenters. The third-order valence-electron chi connectivity index (χ3n) is 2.18. The van der Waals surface area contributed by atoms with Gasteiger partial charge in [-0.25, -0.2) is 4.98 Å². The summed E-state index contributed by atoms with van der Waals surface area (Å²) in [5, 5.41) is 0. The Hall–Kier alpha value is -1.95. The maximum Gasteiger partial charge on any atom is 0.167 e. The lowest BCUT2D eigenvalue weighted by Crippen LogP contribution is -1.94. The number of nitrogens with zero attached hydrogens (tertiary/aromatic N) is 4. The number of aromatic nitrogens is 4. The second-order valence-corrected chi connectivity index (χ2v) is 3.59. The summed E-state index contributed by atoms with van der Waals surface area (Å²) in [6.07, 6.45) is 3.62. The molecule has 6 heteroatoms. The van der Waals surface area contributed by atoms with Gasteiger partial charge in [0.1, 0.15) is 11.3 Å². The molecular formula is C9H7N5S. The van der Waals surface area contributed by atoms with Crippen LogP contribution in [0, 0.1) is 0 Å². The zero-order valence-electron chi connectivity index (χ0n) is 7.66. The molecule has 0 fully saturated rings. The van der Waals surface area contributed by atoms with Gasteiger partial charge >= 0.3 is 0 Å². The molecule has 0 radical (unpaired) electrons. The number of nitrogen functional groups attached to an aromatic ring is 1. The van der Waals surface area contributed by atoms with E-state index in [2.05, 4.69) is 13.7 Å². The van der Waals surface area contributed by atoms with Crippen molar-refractivity contribution in [2.75, 3.05) is 5.73 Å². The monoisotopic (exact) mass is 217 g/mol. The Balaban J connectivity index is 2.36. The van der Waals surface area contributed by atoms with E-state index < -0.39 is 0 Å². The van der Waals surface area contributed by atoms with Crippen molar-refractivity contribution >= 4 is 23.2 Å². The van der Waals surface area contributed by atoms with E-state index in [1.165, 1.54) is 0 Å². The molecular weight excluding hydrogens is 210 g/mol. The second kappa shape index (κ2) is 3.03. The molecule has 0 saturated heterocycles. The summed E-state index contributed by atoms with van der Waals surface area (Å²) in [7, 11) is 0. The van der Waals surface area contributed by atoms with Crippen molar-refractivity contribution in [2.24, 2.45) is 0 Å². The summed E-state index contributed by atoms with van der Waals surface area (Å²) in [5.41, 5.74) is 8.24. The number of pyridine rings is 1. The average Bonchev–Trinajstić information content (AvgIpc) is 2.85. The molecule has 5 nitrogen and oxygen atoms in total. The van der Waals surface area contributed by atoms with Crippen LogP contribution in [0.5, 0.6) is 0 Å². The Kier molecular flexibility index (Phi) is 1.69. The molecule has 0 aromatic carbocycles. The molecule has 74 valence electrons. The Morgan fingerprint density at radius 1 is 1.27 bits per heavy atom. The van der Waals surface area contributed by atoms with E-state index in [4.69, 9.17) is 5.73 Å². The van der Waals surface area contributed by atoms with E-state index in [1.807, 2.05) is 28.8 Å². The van der Waals surface area contributed by atoms with Crippen LogP contribution in [0.15, 0.2) is 30.6 Å². The Labute approximate surface area is 89.5 Å². The number of imidazole rings is 1. The van der Waals surface area contributed by atoms with Gasteiger partial charge in [-0.15, -0.1) is 0 Å². The third-order valence-corrected chi connectivity index (χ3v) is 2.73. The normalized spacial score (nSPS) is 10.9. The number of hydrogen-bond donors (Lipinski definition) is 1. The molecule has 0 amide bonds. The molecule has 3 aromatic rings. The van der Waals surface area contributed by atoms with Crippen molar-refractivity contribution in [2.45, 2.75) is 0 Å². The van der Waals surface area contributed by atoms with Gasteiger partial charge < -0.3 is 5.73 Å². The quantitative estimate of drug-likeness (QED) is 0.669. The van der Waals surface area contributed by atoms with Gasteiger partial charge in [-0.1, -0.05) is 6.07 Å². The maximum absolute atomic E-state index is 5.74. The summed E-state index contributed by atoms with van der Waals surface area (Å²) < 4.78 is 10.1. The predicted octanol–water partition coefficient (Wildman–Crippen LogP) is 1.43. The first-order valence-corrected chi connectivity index (χ1v) is 5.10. The van der Waals surface area contributed by atoms with Crippen LogP contribution in [0.25, 0.3) is 17.0 Å². The van der Waals surface area contributed by atoms with Crippen LogP contribution < -0.4 is 5.73 Å². The van der Waals surface area contributed by atoms with Crippen LogP contribution >= 0.6 is 11.7 Å². The van der Waals surface area contributed by atoms with Crippen molar-refractivity contribution in [1.29, 1.82) is 0 Å². The van der Waals surface area contributed by atoms with Gasteiger partial charge in [0.2, 0.25) is 0 Å². The smallest absolute Gasteiger partial charge is 0.167 e. The third kappa shape index (κ3) is 1.18. The topological polar surface area (TPSA) is 69.1 Å². The molecule has 0 aliphatic carbocycles. The van der Waals surface area contributed by atoms with Crippen LogP contribution in [0.4, 0.5) is 5.82 Å². The van der Waals surface area contributed by atoms with Crippen molar-refractivity contribution in [1.82, 2.24) is 18.1 Å². The van der Waals surface area contributed by atoms with E-state index in [1.54, 1.807) is 6.20 Å². The molecule has 3 aromatic heterocycles. The lowest BCUT2D eigenvalue weighted by molar-refractivity contribution is 1.18. The summed E-state index contributed by atoms with van der Waals surface area (Å²) in [6, 6.07) is 5.80. The van der Waals surface area contributed by atoms with Crippen LogP contribution in [-0.2, 0) is 0 Å². The SMILES string of the molecule is Nc1nsnc1-c1cccc2nccn12. The van der Waals surface area contributed by atoms with Gasteiger partial charge in [0.25, 0.3) is 0 Å². The fourth-order valence-corrected chi connectivity index (χ4v) is 2.00. The van der Waals surface area contributed by atoms with E-state index in [-0.39, 0.29) is 0 Å². The lowest BCUT2D eigenvalue weighted by atomic mass is 10.2. The number of hydrogen-bond acceptors (Lipinski definition) is 5. The van der Waals surface area contributed by atoms with Gasteiger partial charge in [-0.3, -0.25) is 4.40 Å². The summed E-state index contributed by atoms with van der Waals surface area (Å²) in [4.78, 5) is 4.20. The average molecular weight is 217 g/mol. The highest BCUT2D eigenvalue weighted by Crippen LogP contribution is 2.23. The number of rotatable bonds is 1. The summed E-state index contributed by atoms with van der Waals surface area (Å²) in [5.74, 6) is 0.459. The molecule has 3 heterocycles. The zero-order valence-corrected chi connectivity index (χ0v) is 8.48. The highest BCUT2D eigenvalue weighted by Gasteiger charge is 2.10. The summed E-state index contributed by atoms with van der Waals surface area (Å²) >= 11 is 1.11. The van der Waals surface area contributed by atoms with Crippen LogP contribution in [-0.4, -0.2) is 18.1 Å². The van der Waals surface area contributed by atoms with Crippen molar-refractivity contribution in [3.63, 3.8) is 0 Å². The minimum absolute atomic E-state index is 0.459. The molecule has 0 atom stereocenters. The van der Waals surface area contributed by atoms with Gasteiger partial charge in [-0.05, 0) is 12.1 Å². The first-order valence-electron chi connectivity index (χ1n) is 4.37. The van der Waals surface area contributed by atoms with Crippen molar-refractivity contribution in [3.8, 4) is 11.4 Å². The fourth-order valence-electron chi connectivity index (χ4n) is 1.51. The molecule has 0 aliphatic heterocycles. The maximum atomic E-state index is 5.74.